The van der Waals surface area contributed by atoms with Crippen LogP contribution in [0.3, 0.4) is 0 Å². The number of rotatable bonds is 4. The number of fused-ring (bicyclic) bond motifs is 4. The van der Waals surface area contributed by atoms with Gasteiger partial charge in [-0.2, -0.15) is 0 Å². The second-order valence-electron chi connectivity index (χ2n) is 7.38. The van der Waals surface area contributed by atoms with Gasteiger partial charge in [0, 0.05) is 43.9 Å². The summed E-state index contributed by atoms with van der Waals surface area (Å²) in [6, 6.07) is 0.172. The Morgan fingerprint density at radius 1 is 1.31 bits per heavy atom. The van der Waals surface area contributed by atoms with Gasteiger partial charge in [0.2, 0.25) is 11.6 Å². The molecule has 4 heterocycles. The van der Waals surface area contributed by atoms with Crippen LogP contribution >= 0.6 is 0 Å². The first-order chi connectivity index (χ1) is 12.4. The summed E-state index contributed by atoms with van der Waals surface area (Å²) in [5, 5.41) is 3.33. The summed E-state index contributed by atoms with van der Waals surface area (Å²) < 4.78 is 11.0. The molecule has 4 unspecified atom stereocenters. The standard InChI is InChI=1S/C17H20N4O5/c1-7-11(20-3-4-20)14(23)10-8(6-26-16(18)24)17(25-2)15-9(19-15)5-21(17)12(10)13(7)22/h8-9,15,19H,3-6H2,1-2H3,(H2,18,24). The van der Waals surface area contributed by atoms with Gasteiger partial charge >= 0.3 is 6.09 Å². The molecule has 0 aromatic carbocycles. The summed E-state index contributed by atoms with van der Waals surface area (Å²) in [5.41, 5.74) is 5.97. The van der Waals surface area contributed by atoms with Crippen molar-refractivity contribution in [3.8, 4) is 0 Å². The highest BCUT2D eigenvalue weighted by atomic mass is 16.6. The van der Waals surface area contributed by atoms with Gasteiger partial charge in [-0.25, -0.2) is 4.79 Å². The third-order valence-corrected chi connectivity index (χ3v) is 6.16. The van der Waals surface area contributed by atoms with Crippen LogP contribution in [-0.2, 0) is 19.1 Å². The number of nitrogens with zero attached hydrogens (tertiary/aromatic N) is 2. The average Bonchev–Trinajstić information content (AvgIpc) is 3.51. The average molecular weight is 360 g/mol. The van der Waals surface area contributed by atoms with E-state index in [9.17, 15) is 14.4 Å². The van der Waals surface area contributed by atoms with Crippen molar-refractivity contribution in [1.82, 2.24) is 15.1 Å². The van der Waals surface area contributed by atoms with Crippen molar-refractivity contribution in [1.29, 1.82) is 0 Å². The molecule has 3 N–H and O–H groups in total. The molecular weight excluding hydrogens is 340 g/mol. The van der Waals surface area contributed by atoms with Crippen LogP contribution in [0.1, 0.15) is 6.92 Å². The maximum absolute atomic E-state index is 13.3. The molecule has 26 heavy (non-hydrogen) atoms. The molecule has 9 nitrogen and oxygen atoms in total. The lowest BCUT2D eigenvalue weighted by Gasteiger charge is -2.39. The fourth-order valence-electron chi connectivity index (χ4n) is 4.93. The molecule has 3 fully saturated rings. The van der Waals surface area contributed by atoms with E-state index in [4.69, 9.17) is 15.2 Å². The lowest BCUT2D eigenvalue weighted by atomic mass is 9.82. The van der Waals surface area contributed by atoms with Gasteiger partial charge in [-0.15, -0.1) is 0 Å². The van der Waals surface area contributed by atoms with Crippen molar-refractivity contribution in [2.45, 2.75) is 24.7 Å². The van der Waals surface area contributed by atoms with Gasteiger partial charge in [0.1, 0.15) is 6.61 Å². The van der Waals surface area contributed by atoms with E-state index in [1.165, 1.54) is 0 Å². The number of carbonyl (C=O) groups is 3. The van der Waals surface area contributed by atoms with Crippen molar-refractivity contribution >= 4 is 17.7 Å². The number of piperazine rings is 1. The zero-order valence-corrected chi connectivity index (χ0v) is 14.6. The van der Waals surface area contributed by atoms with Crippen LogP contribution in [0.15, 0.2) is 22.5 Å². The van der Waals surface area contributed by atoms with E-state index in [1.807, 2.05) is 9.80 Å². The Bertz CT molecular complexity index is 829. The van der Waals surface area contributed by atoms with Crippen LogP contribution in [-0.4, -0.2) is 78.6 Å². The van der Waals surface area contributed by atoms with Gasteiger partial charge < -0.3 is 30.3 Å². The smallest absolute Gasteiger partial charge is 0.404 e. The number of Topliss-reactive ketones (excluding diaryl/α,β-unsaturated/α-hetero) is 2. The Hall–Kier alpha value is -2.39. The Morgan fingerprint density at radius 2 is 2.04 bits per heavy atom. The molecular formula is C17H20N4O5. The molecule has 1 amide bonds. The molecule has 4 aliphatic heterocycles. The molecule has 0 aromatic rings. The van der Waals surface area contributed by atoms with Gasteiger partial charge in [-0.1, -0.05) is 0 Å². The second kappa shape index (κ2) is 4.86. The van der Waals surface area contributed by atoms with E-state index in [0.717, 1.165) is 13.1 Å². The van der Waals surface area contributed by atoms with E-state index in [1.54, 1.807) is 14.0 Å². The van der Waals surface area contributed by atoms with Gasteiger partial charge in [-0.3, -0.25) is 9.59 Å². The van der Waals surface area contributed by atoms with Crippen LogP contribution < -0.4 is 11.1 Å². The first-order valence-electron chi connectivity index (χ1n) is 8.72. The Balaban J connectivity index is 1.63. The fraction of sp³-hybridized carbons (Fsp3) is 0.588. The van der Waals surface area contributed by atoms with Crippen LogP contribution in [0, 0.1) is 5.92 Å². The largest absolute Gasteiger partial charge is 0.449 e. The minimum absolute atomic E-state index is 0.0230. The monoisotopic (exact) mass is 360 g/mol. The van der Waals surface area contributed by atoms with Crippen LogP contribution in [0.2, 0.25) is 0 Å². The molecule has 4 atom stereocenters. The quantitative estimate of drug-likeness (QED) is 0.469. The first kappa shape index (κ1) is 15.8. The maximum Gasteiger partial charge on any atom is 0.404 e. The summed E-state index contributed by atoms with van der Waals surface area (Å²) in [7, 11) is 1.56. The summed E-state index contributed by atoms with van der Waals surface area (Å²) in [6.07, 6.45) is -0.914. The molecule has 138 valence electrons. The number of primary amides is 1. The molecule has 0 saturated carbocycles. The predicted molar refractivity (Wildman–Crippen MR) is 87.5 cm³/mol. The van der Waals surface area contributed by atoms with Crippen molar-refractivity contribution in [3.05, 3.63) is 22.5 Å². The number of hydrogen-bond acceptors (Lipinski definition) is 8. The molecule has 0 spiro atoms. The third-order valence-electron chi connectivity index (χ3n) is 6.16. The number of hydrogen-bond donors (Lipinski definition) is 2. The van der Waals surface area contributed by atoms with E-state index >= 15 is 0 Å². The van der Waals surface area contributed by atoms with Crippen molar-refractivity contribution in [2.75, 3.05) is 33.4 Å². The van der Waals surface area contributed by atoms with E-state index in [0.29, 0.717) is 29.1 Å². The van der Waals surface area contributed by atoms with E-state index in [2.05, 4.69) is 5.32 Å². The fourth-order valence-corrected chi connectivity index (χ4v) is 4.93. The number of ether oxygens (including phenoxy) is 2. The van der Waals surface area contributed by atoms with Gasteiger partial charge in [0.25, 0.3) is 0 Å². The highest BCUT2D eigenvalue weighted by molar-refractivity contribution is 6.25. The summed E-state index contributed by atoms with van der Waals surface area (Å²) >= 11 is 0. The SMILES string of the molecule is COC12C(COC(N)=O)C3=C(C(=O)C(C)=C(N4CC4)C3=O)N1CC1NC12. The van der Waals surface area contributed by atoms with Crippen LogP contribution in [0.5, 0.6) is 0 Å². The van der Waals surface area contributed by atoms with Crippen molar-refractivity contribution in [2.24, 2.45) is 11.7 Å². The molecule has 9 heteroatoms. The lowest BCUT2D eigenvalue weighted by Crippen LogP contribution is -2.55. The van der Waals surface area contributed by atoms with Crippen LogP contribution in [0.4, 0.5) is 4.79 Å². The molecule has 1 aliphatic carbocycles. The normalized spacial score (nSPS) is 37.1. The van der Waals surface area contributed by atoms with Gasteiger partial charge in [0.05, 0.1) is 23.4 Å². The second-order valence-corrected chi connectivity index (χ2v) is 7.38. The Kier molecular flexibility index (Phi) is 2.96. The number of allylic oxidation sites excluding steroid dienone is 2. The topological polar surface area (TPSA) is 124 Å². The van der Waals surface area contributed by atoms with Gasteiger partial charge in [-0.05, 0) is 6.92 Å². The number of amides is 1. The molecule has 0 radical (unpaired) electrons. The van der Waals surface area contributed by atoms with E-state index < -0.39 is 17.7 Å². The molecule has 5 aliphatic rings. The molecule has 0 bridgehead atoms. The first-order valence-corrected chi connectivity index (χ1v) is 8.72. The lowest BCUT2D eigenvalue weighted by molar-refractivity contribution is -0.137. The molecule has 0 aromatic heterocycles. The van der Waals surface area contributed by atoms with Gasteiger partial charge in [0.15, 0.2) is 5.72 Å². The summed E-state index contributed by atoms with van der Waals surface area (Å²) in [4.78, 5) is 41.5. The highest BCUT2D eigenvalue weighted by Crippen LogP contribution is 2.56. The number of nitrogens with two attached hydrogens (primary N) is 1. The Labute approximate surface area is 149 Å². The zero-order chi connectivity index (χ0) is 18.4. The minimum atomic E-state index is -0.914. The zero-order valence-electron chi connectivity index (χ0n) is 14.6. The molecule has 3 saturated heterocycles. The summed E-state index contributed by atoms with van der Waals surface area (Å²) in [6.45, 7) is 3.71. The summed E-state index contributed by atoms with van der Waals surface area (Å²) in [5.74, 6) is -0.888. The Morgan fingerprint density at radius 3 is 2.65 bits per heavy atom. The minimum Gasteiger partial charge on any atom is -0.449 e. The van der Waals surface area contributed by atoms with E-state index in [-0.39, 0.29) is 30.3 Å². The maximum atomic E-state index is 13.3. The highest BCUT2D eigenvalue weighted by Gasteiger charge is 2.72. The predicted octanol–water partition coefficient (Wildman–Crippen LogP) is -1.29. The molecule has 5 rings (SSSR count). The number of nitrogens with one attached hydrogen (secondary N) is 1. The third kappa shape index (κ3) is 1.74. The number of ketones is 2. The van der Waals surface area contributed by atoms with Crippen molar-refractivity contribution < 1.29 is 23.9 Å². The van der Waals surface area contributed by atoms with Crippen LogP contribution in [0.25, 0.3) is 0 Å². The van der Waals surface area contributed by atoms with Crippen molar-refractivity contribution in [3.63, 3.8) is 0 Å². The number of carbonyl (C=O) groups excluding carboxylic acids is 3. The number of methoxy groups -OCH3 is 1.